The van der Waals surface area contributed by atoms with Gasteiger partial charge in [-0.05, 0) is 41.3 Å². The molecule has 2 fully saturated rings. The SMILES string of the molecule is CC(C)[C@H](CO)N1C(=O)[C@@H]2[C@H]3C(=O)N(Cc4ccccc4)CC=C[C@@]3(C)O[C@@]23C=CCN(c2ccc4ccccc4c2)C(=O)C13. The summed E-state index contributed by atoms with van der Waals surface area (Å²) in [5.74, 6) is -2.73. The molecule has 4 aliphatic rings. The number of aliphatic hydroxyl groups is 1. The van der Waals surface area contributed by atoms with Crippen molar-refractivity contribution in [1.29, 1.82) is 0 Å². The number of nitrogens with zero attached hydrogens (tertiary/aromatic N) is 3. The number of aliphatic hydroxyl groups excluding tert-OH is 1. The summed E-state index contributed by atoms with van der Waals surface area (Å²) in [7, 11) is 0. The molecular weight excluding hydrogens is 566 g/mol. The molecule has 1 unspecified atom stereocenters. The van der Waals surface area contributed by atoms with Gasteiger partial charge in [-0.25, -0.2) is 0 Å². The maximum Gasteiger partial charge on any atom is 0.253 e. The van der Waals surface area contributed by atoms with Crippen LogP contribution in [-0.4, -0.2) is 75.6 Å². The maximum atomic E-state index is 14.9. The molecule has 8 heteroatoms. The van der Waals surface area contributed by atoms with Crippen LogP contribution in [0.25, 0.3) is 10.8 Å². The summed E-state index contributed by atoms with van der Waals surface area (Å²) < 4.78 is 6.98. The minimum absolute atomic E-state index is 0.144. The summed E-state index contributed by atoms with van der Waals surface area (Å²) in [6.45, 7) is 6.47. The average molecular weight is 606 g/mol. The van der Waals surface area contributed by atoms with Gasteiger partial charge in [0, 0.05) is 25.3 Å². The van der Waals surface area contributed by atoms with Crippen LogP contribution in [0, 0.1) is 17.8 Å². The largest absolute Gasteiger partial charge is 0.394 e. The molecule has 0 bridgehead atoms. The molecule has 1 N–H and O–H groups in total. The fraction of sp³-hybridized carbons (Fsp3) is 0.378. The van der Waals surface area contributed by atoms with Crippen molar-refractivity contribution in [2.24, 2.45) is 17.8 Å². The van der Waals surface area contributed by atoms with E-state index in [0.29, 0.717) is 18.8 Å². The number of anilines is 1. The van der Waals surface area contributed by atoms with Gasteiger partial charge in [0.1, 0.15) is 11.6 Å². The molecule has 4 heterocycles. The van der Waals surface area contributed by atoms with E-state index in [1.54, 1.807) is 14.7 Å². The molecule has 8 nitrogen and oxygen atoms in total. The van der Waals surface area contributed by atoms with Crippen LogP contribution in [0.5, 0.6) is 0 Å². The molecule has 6 atom stereocenters. The highest BCUT2D eigenvalue weighted by atomic mass is 16.5. The Hall–Kier alpha value is -4.27. The van der Waals surface area contributed by atoms with Gasteiger partial charge in [0.15, 0.2) is 0 Å². The van der Waals surface area contributed by atoms with Crippen molar-refractivity contribution in [3.05, 3.63) is 103 Å². The normalized spacial score (nSPS) is 30.0. The van der Waals surface area contributed by atoms with Gasteiger partial charge >= 0.3 is 0 Å². The standard InChI is InChI=1S/C37H39N3O5/c1-24(2)29(23-41)40-32-35(44)39(28-16-15-26-13-7-8-14-27(26)21-28)20-10-18-37(32)31(34(40)43)30-33(42)38(19-9-17-36(30,3)45-37)22-25-11-5-4-6-12-25/h4-18,21,24,29-32,41H,19-20,22-23H2,1-3H3/t29-,30-,31-,32?,36+,37-/m0/s1. The third-order valence-corrected chi connectivity index (χ3v) is 10.2. The molecule has 2 saturated heterocycles. The lowest BCUT2D eigenvalue weighted by molar-refractivity contribution is -0.152. The van der Waals surface area contributed by atoms with Gasteiger partial charge in [-0.15, -0.1) is 0 Å². The van der Waals surface area contributed by atoms with Gasteiger partial charge in [0.25, 0.3) is 5.91 Å². The highest BCUT2D eigenvalue weighted by Crippen LogP contribution is 2.58. The fourth-order valence-corrected chi connectivity index (χ4v) is 8.01. The zero-order valence-corrected chi connectivity index (χ0v) is 25.9. The number of carbonyl (C=O) groups is 3. The summed E-state index contributed by atoms with van der Waals surface area (Å²) in [5, 5.41) is 12.7. The number of likely N-dealkylation sites (tertiary alicyclic amines) is 1. The Labute approximate surface area is 263 Å². The van der Waals surface area contributed by atoms with Crippen molar-refractivity contribution in [2.45, 2.75) is 50.6 Å². The zero-order valence-electron chi connectivity index (χ0n) is 25.9. The van der Waals surface area contributed by atoms with Crippen LogP contribution in [0.15, 0.2) is 97.1 Å². The van der Waals surface area contributed by atoms with Crippen LogP contribution < -0.4 is 4.90 Å². The number of ether oxygens (including phenoxy) is 1. The van der Waals surface area contributed by atoms with Gasteiger partial charge in [0.05, 0.1) is 30.1 Å². The molecule has 1 spiro atoms. The number of rotatable bonds is 6. The molecular formula is C37H39N3O5. The first-order valence-electron chi connectivity index (χ1n) is 15.8. The number of benzene rings is 3. The van der Waals surface area contributed by atoms with Gasteiger partial charge in [0.2, 0.25) is 11.8 Å². The fourth-order valence-electron chi connectivity index (χ4n) is 8.01. The van der Waals surface area contributed by atoms with Crippen molar-refractivity contribution in [2.75, 3.05) is 24.6 Å². The second-order valence-electron chi connectivity index (χ2n) is 13.2. The van der Waals surface area contributed by atoms with Crippen molar-refractivity contribution < 1.29 is 24.2 Å². The Balaban J connectivity index is 1.34. The van der Waals surface area contributed by atoms with E-state index in [1.165, 1.54) is 0 Å². The summed E-state index contributed by atoms with van der Waals surface area (Å²) in [4.78, 5) is 49.2. The highest BCUT2D eigenvalue weighted by Gasteiger charge is 2.75. The second-order valence-corrected chi connectivity index (χ2v) is 13.2. The number of hydrogen-bond acceptors (Lipinski definition) is 5. The number of amides is 3. The number of carbonyl (C=O) groups excluding carboxylic acids is 3. The Kier molecular flexibility index (Phi) is 7.17. The molecule has 4 aliphatic heterocycles. The predicted molar refractivity (Wildman–Crippen MR) is 172 cm³/mol. The van der Waals surface area contributed by atoms with Crippen LogP contribution >= 0.6 is 0 Å². The molecule has 3 aromatic rings. The molecule has 7 rings (SSSR count). The van der Waals surface area contributed by atoms with Crippen LogP contribution in [0.2, 0.25) is 0 Å². The van der Waals surface area contributed by atoms with Gasteiger partial charge in [-0.1, -0.05) is 98.8 Å². The summed E-state index contributed by atoms with van der Waals surface area (Å²) >= 11 is 0. The maximum absolute atomic E-state index is 14.9. The first-order valence-corrected chi connectivity index (χ1v) is 15.8. The van der Waals surface area contributed by atoms with Crippen LogP contribution in [0.3, 0.4) is 0 Å². The lowest BCUT2D eigenvalue weighted by Crippen LogP contribution is -2.59. The summed E-state index contributed by atoms with van der Waals surface area (Å²) in [6, 6.07) is 22.0. The number of hydrogen-bond donors (Lipinski definition) is 1. The van der Waals surface area contributed by atoms with E-state index in [9.17, 15) is 19.5 Å². The highest BCUT2D eigenvalue weighted by molar-refractivity contribution is 6.07. The zero-order chi connectivity index (χ0) is 31.5. The molecule has 0 saturated carbocycles. The summed E-state index contributed by atoms with van der Waals surface area (Å²) in [6.07, 6.45) is 7.59. The Morgan fingerprint density at radius 1 is 0.844 bits per heavy atom. The topological polar surface area (TPSA) is 90.4 Å². The van der Waals surface area contributed by atoms with E-state index >= 15 is 0 Å². The third kappa shape index (κ3) is 4.53. The molecule has 0 radical (unpaired) electrons. The van der Waals surface area contributed by atoms with Crippen molar-refractivity contribution in [3.63, 3.8) is 0 Å². The smallest absolute Gasteiger partial charge is 0.253 e. The second kappa shape index (κ2) is 11.0. The molecule has 3 aromatic carbocycles. The van der Waals surface area contributed by atoms with E-state index in [1.807, 2.05) is 118 Å². The third-order valence-electron chi connectivity index (χ3n) is 10.2. The lowest BCUT2D eigenvalue weighted by Gasteiger charge is -2.41. The first kappa shape index (κ1) is 29.4. The van der Waals surface area contributed by atoms with Crippen molar-refractivity contribution >= 4 is 34.2 Å². The van der Waals surface area contributed by atoms with Crippen molar-refractivity contribution in [3.8, 4) is 0 Å². The Morgan fingerprint density at radius 3 is 2.29 bits per heavy atom. The van der Waals surface area contributed by atoms with E-state index in [2.05, 4.69) is 0 Å². The van der Waals surface area contributed by atoms with E-state index in [4.69, 9.17) is 4.74 Å². The van der Waals surface area contributed by atoms with Crippen molar-refractivity contribution in [1.82, 2.24) is 9.80 Å². The predicted octanol–water partition coefficient (Wildman–Crippen LogP) is 4.33. The monoisotopic (exact) mass is 605 g/mol. The Bertz CT molecular complexity index is 1720. The molecule has 3 amide bonds. The Morgan fingerprint density at radius 2 is 1.56 bits per heavy atom. The van der Waals surface area contributed by atoms with Crippen LogP contribution in [-0.2, 0) is 25.7 Å². The quantitative estimate of drug-likeness (QED) is 0.423. The van der Waals surface area contributed by atoms with E-state index in [0.717, 1.165) is 16.3 Å². The molecule has 0 aliphatic carbocycles. The van der Waals surface area contributed by atoms with Gasteiger partial charge < -0.3 is 24.5 Å². The first-order chi connectivity index (χ1) is 21.7. The van der Waals surface area contributed by atoms with Crippen LogP contribution in [0.4, 0.5) is 5.69 Å². The summed E-state index contributed by atoms with van der Waals surface area (Å²) in [5.41, 5.74) is -0.797. The molecule has 45 heavy (non-hydrogen) atoms. The average Bonchev–Trinajstić information content (AvgIpc) is 3.30. The minimum atomic E-state index is -1.39. The minimum Gasteiger partial charge on any atom is -0.394 e. The lowest BCUT2D eigenvalue weighted by atomic mass is 9.74. The van der Waals surface area contributed by atoms with E-state index in [-0.39, 0.29) is 36.8 Å². The van der Waals surface area contributed by atoms with Crippen LogP contribution in [0.1, 0.15) is 26.3 Å². The molecule has 0 aromatic heterocycles. The van der Waals surface area contributed by atoms with Gasteiger partial charge in [-0.3, -0.25) is 14.4 Å². The van der Waals surface area contributed by atoms with Gasteiger partial charge in [-0.2, -0.15) is 0 Å². The molecule has 232 valence electrons. The number of fused-ring (bicyclic) bond motifs is 3. The van der Waals surface area contributed by atoms with E-state index < -0.39 is 35.1 Å².